The Morgan fingerprint density at radius 2 is 1.95 bits per heavy atom. The lowest BCUT2D eigenvalue weighted by molar-refractivity contribution is -0.385. The first-order chi connectivity index (χ1) is 9.29. The largest absolute Gasteiger partial charge is 0.316 e. The van der Waals surface area contributed by atoms with Gasteiger partial charge in [0.05, 0.1) is 14.8 Å². The summed E-state index contributed by atoms with van der Waals surface area (Å²) < 4.78 is 26.4. The van der Waals surface area contributed by atoms with Crippen LogP contribution in [0.15, 0.2) is 17.0 Å². The van der Waals surface area contributed by atoms with Crippen molar-refractivity contribution < 1.29 is 13.3 Å². The number of nitro groups is 1. The van der Waals surface area contributed by atoms with E-state index < -0.39 is 14.9 Å². The first kappa shape index (κ1) is 20.1. The van der Waals surface area contributed by atoms with Crippen LogP contribution in [0, 0.1) is 17.0 Å². The molecule has 10 heteroatoms. The molecule has 0 aliphatic rings. The van der Waals surface area contributed by atoms with Crippen molar-refractivity contribution in [2.24, 2.45) is 0 Å². The molecular formula is C11H17Cl2N3O4S. The van der Waals surface area contributed by atoms with Crippen LogP contribution < -0.4 is 10.0 Å². The molecule has 1 rings (SSSR count). The summed E-state index contributed by atoms with van der Waals surface area (Å²) in [4.78, 5) is 10.0. The molecule has 1 aromatic carbocycles. The van der Waals surface area contributed by atoms with Gasteiger partial charge in [-0.25, -0.2) is 13.1 Å². The lowest BCUT2D eigenvalue weighted by Crippen LogP contribution is -2.31. The molecule has 0 amide bonds. The fourth-order valence-electron chi connectivity index (χ4n) is 1.52. The van der Waals surface area contributed by atoms with Crippen LogP contribution in [0.5, 0.6) is 0 Å². The molecule has 0 saturated heterocycles. The van der Waals surface area contributed by atoms with Gasteiger partial charge in [-0.05, 0) is 19.5 Å². The summed E-state index contributed by atoms with van der Waals surface area (Å²) in [7, 11) is -3.81. The summed E-state index contributed by atoms with van der Waals surface area (Å²) >= 11 is 5.84. The topological polar surface area (TPSA) is 101 Å². The van der Waals surface area contributed by atoms with Crippen molar-refractivity contribution in [3.8, 4) is 0 Å². The highest BCUT2D eigenvalue weighted by Gasteiger charge is 2.22. The molecule has 7 nitrogen and oxygen atoms in total. The number of hydrogen-bond donors (Lipinski definition) is 2. The predicted molar refractivity (Wildman–Crippen MR) is 83.8 cm³/mol. The molecule has 0 saturated carbocycles. The van der Waals surface area contributed by atoms with Crippen LogP contribution in [-0.2, 0) is 10.0 Å². The highest BCUT2D eigenvalue weighted by atomic mass is 35.5. The molecule has 0 aromatic heterocycles. The van der Waals surface area contributed by atoms with Crippen LogP contribution in [0.4, 0.5) is 5.69 Å². The van der Waals surface area contributed by atoms with E-state index in [-0.39, 0.29) is 40.1 Å². The number of nitro benzene ring substituents is 1. The third-order valence-electron chi connectivity index (χ3n) is 2.64. The van der Waals surface area contributed by atoms with Crippen LogP contribution in [0.2, 0.25) is 5.02 Å². The van der Waals surface area contributed by atoms with Crippen molar-refractivity contribution in [3.63, 3.8) is 0 Å². The number of nitrogens with one attached hydrogen (secondary N) is 2. The minimum atomic E-state index is -3.81. The van der Waals surface area contributed by atoms with Gasteiger partial charge in [0.25, 0.3) is 5.69 Å². The Hall–Kier alpha value is -0.930. The first-order valence-electron chi connectivity index (χ1n) is 5.94. The van der Waals surface area contributed by atoms with Gasteiger partial charge < -0.3 is 5.32 Å². The van der Waals surface area contributed by atoms with Crippen LogP contribution in [0.1, 0.15) is 12.5 Å². The normalized spacial score (nSPS) is 11.0. The minimum Gasteiger partial charge on any atom is -0.316 e. The fraction of sp³-hybridized carbons (Fsp3) is 0.455. The molecule has 0 unspecified atom stereocenters. The summed E-state index contributed by atoms with van der Waals surface area (Å²) in [6, 6.07) is 2.22. The number of halogens is 2. The zero-order valence-corrected chi connectivity index (χ0v) is 13.9. The Morgan fingerprint density at radius 1 is 1.33 bits per heavy atom. The number of rotatable bonds is 7. The van der Waals surface area contributed by atoms with E-state index in [0.717, 1.165) is 12.6 Å². The maximum absolute atomic E-state index is 12.0. The van der Waals surface area contributed by atoms with Gasteiger partial charge in [-0.3, -0.25) is 10.1 Å². The van der Waals surface area contributed by atoms with E-state index >= 15 is 0 Å². The summed E-state index contributed by atoms with van der Waals surface area (Å²) in [6.45, 7) is 4.75. The zero-order valence-electron chi connectivity index (χ0n) is 11.6. The van der Waals surface area contributed by atoms with E-state index in [0.29, 0.717) is 6.54 Å². The molecule has 2 N–H and O–H groups in total. The average Bonchev–Trinajstić information content (AvgIpc) is 2.37. The molecule has 0 aliphatic carbocycles. The number of likely N-dealkylation sites (N-methyl/N-ethyl adjacent to an activating group) is 1. The van der Waals surface area contributed by atoms with E-state index in [1.54, 1.807) is 0 Å². The molecule has 0 heterocycles. The Balaban J connectivity index is 0.00000400. The van der Waals surface area contributed by atoms with Crippen molar-refractivity contribution in [1.29, 1.82) is 0 Å². The molecule has 0 bridgehead atoms. The fourth-order valence-corrected chi connectivity index (χ4v) is 2.88. The molecule has 0 radical (unpaired) electrons. The maximum Gasteiger partial charge on any atom is 0.275 e. The molecule has 120 valence electrons. The molecule has 21 heavy (non-hydrogen) atoms. The Morgan fingerprint density at radius 3 is 2.48 bits per heavy atom. The minimum absolute atomic E-state index is 0. The van der Waals surface area contributed by atoms with E-state index in [1.165, 1.54) is 13.0 Å². The average molecular weight is 358 g/mol. The second-order valence-electron chi connectivity index (χ2n) is 4.06. The molecule has 1 aromatic rings. The van der Waals surface area contributed by atoms with Crippen molar-refractivity contribution in [1.82, 2.24) is 10.0 Å². The molecule has 0 aliphatic heterocycles. The van der Waals surface area contributed by atoms with Gasteiger partial charge in [0.15, 0.2) is 0 Å². The van der Waals surface area contributed by atoms with E-state index in [9.17, 15) is 18.5 Å². The summed E-state index contributed by atoms with van der Waals surface area (Å²) in [5.41, 5.74) is -0.0761. The van der Waals surface area contributed by atoms with Gasteiger partial charge in [0, 0.05) is 24.7 Å². The third kappa shape index (κ3) is 5.40. The SMILES string of the molecule is CCNCCNS(=O)(=O)c1cc(Cl)c(C)c([N+](=O)[O-])c1.Cl. The van der Waals surface area contributed by atoms with E-state index in [4.69, 9.17) is 11.6 Å². The quantitative estimate of drug-likeness (QED) is 0.440. The summed E-state index contributed by atoms with van der Waals surface area (Å²) in [6.07, 6.45) is 0. The highest BCUT2D eigenvalue weighted by molar-refractivity contribution is 7.89. The van der Waals surface area contributed by atoms with Gasteiger partial charge in [-0.2, -0.15) is 0 Å². The van der Waals surface area contributed by atoms with Crippen LogP contribution >= 0.6 is 24.0 Å². The van der Waals surface area contributed by atoms with Crippen molar-refractivity contribution in [2.45, 2.75) is 18.7 Å². The molecular weight excluding hydrogens is 341 g/mol. The van der Waals surface area contributed by atoms with Crippen LogP contribution in [0.3, 0.4) is 0 Å². The second kappa shape index (κ2) is 8.50. The maximum atomic E-state index is 12.0. The van der Waals surface area contributed by atoms with Gasteiger partial charge in [0.1, 0.15) is 0 Å². The summed E-state index contributed by atoms with van der Waals surface area (Å²) in [5, 5.41) is 13.9. The second-order valence-corrected chi connectivity index (χ2v) is 6.23. The Labute approximate surface area is 134 Å². The van der Waals surface area contributed by atoms with Gasteiger partial charge in [-0.15, -0.1) is 12.4 Å². The zero-order chi connectivity index (χ0) is 15.3. The monoisotopic (exact) mass is 357 g/mol. The predicted octanol–water partition coefficient (Wildman–Crippen LogP) is 1.87. The number of nitrogens with zero attached hydrogens (tertiary/aromatic N) is 1. The van der Waals surface area contributed by atoms with Crippen molar-refractivity contribution in [2.75, 3.05) is 19.6 Å². The first-order valence-corrected chi connectivity index (χ1v) is 7.80. The standard InChI is InChI=1S/C11H16ClN3O4S.ClH/c1-3-13-4-5-14-20(18,19)9-6-10(12)8(2)11(7-9)15(16)17;/h6-7,13-14H,3-5H2,1-2H3;1H. The Kier molecular flexibility index (Phi) is 8.12. The van der Waals surface area contributed by atoms with Crippen LogP contribution in [-0.4, -0.2) is 33.0 Å². The number of hydrogen-bond acceptors (Lipinski definition) is 5. The van der Waals surface area contributed by atoms with Gasteiger partial charge in [-0.1, -0.05) is 18.5 Å². The lowest BCUT2D eigenvalue weighted by Gasteiger charge is -2.08. The number of sulfonamides is 1. The van der Waals surface area contributed by atoms with E-state index in [2.05, 4.69) is 10.0 Å². The number of benzene rings is 1. The highest BCUT2D eigenvalue weighted by Crippen LogP contribution is 2.29. The smallest absolute Gasteiger partial charge is 0.275 e. The van der Waals surface area contributed by atoms with Crippen LogP contribution in [0.25, 0.3) is 0 Å². The summed E-state index contributed by atoms with van der Waals surface area (Å²) in [5.74, 6) is 0. The molecule has 0 atom stereocenters. The Bertz CT molecular complexity index is 608. The van der Waals surface area contributed by atoms with Gasteiger partial charge >= 0.3 is 0 Å². The van der Waals surface area contributed by atoms with Gasteiger partial charge in [0.2, 0.25) is 10.0 Å². The van der Waals surface area contributed by atoms with Crippen molar-refractivity contribution in [3.05, 3.63) is 32.8 Å². The van der Waals surface area contributed by atoms with E-state index in [1.807, 2.05) is 6.92 Å². The third-order valence-corrected chi connectivity index (χ3v) is 4.47. The molecule has 0 fully saturated rings. The lowest BCUT2D eigenvalue weighted by atomic mass is 10.2. The molecule has 0 spiro atoms. The van der Waals surface area contributed by atoms with Crippen molar-refractivity contribution >= 4 is 39.7 Å².